The summed E-state index contributed by atoms with van der Waals surface area (Å²) in [5, 5.41) is 9.01. The van der Waals surface area contributed by atoms with E-state index in [0.717, 1.165) is 5.56 Å². The van der Waals surface area contributed by atoms with Crippen LogP contribution in [0, 0.1) is 0 Å². The molecule has 3 aromatic rings. The Morgan fingerprint density at radius 3 is 2.50 bits per heavy atom. The fraction of sp³-hybridized carbons (Fsp3) is 0.143. The number of hydrogen-bond acceptors (Lipinski definition) is 4. The number of hydrogen-bond donors (Lipinski definition) is 3. The summed E-state index contributed by atoms with van der Waals surface area (Å²) in [6.07, 6.45) is 0. The number of amides is 2. The molecule has 0 aliphatic carbocycles. The molecular weight excluding hydrogens is 378 g/mol. The first-order valence-corrected chi connectivity index (χ1v) is 9.11. The maximum atomic E-state index is 12.1. The Hall–Kier alpha value is -3.25. The van der Waals surface area contributed by atoms with Crippen molar-refractivity contribution in [3.05, 3.63) is 77.0 Å². The van der Waals surface area contributed by atoms with Gasteiger partial charge in [0.05, 0.1) is 18.7 Å². The quantitative estimate of drug-likeness (QED) is 0.567. The van der Waals surface area contributed by atoms with Crippen molar-refractivity contribution in [2.24, 2.45) is 0 Å². The third-order valence-electron chi connectivity index (χ3n) is 4.09. The lowest BCUT2D eigenvalue weighted by Crippen LogP contribution is -2.30. The van der Waals surface area contributed by atoms with E-state index in [1.165, 1.54) is 0 Å². The predicted molar refractivity (Wildman–Crippen MR) is 109 cm³/mol. The SMILES string of the molecule is CNC(=O)c1ccccc1NCC(=O)NCc1ccc(-c2ccc(Cl)cc2)o1. The molecule has 2 aromatic carbocycles. The third kappa shape index (κ3) is 4.92. The van der Waals surface area contributed by atoms with Gasteiger partial charge in [-0.1, -0.05) is 23.7 Å². The van der Waals surface area contributed by atoms with Gasteiger partial charge in [-0.3, -0.25) is 9.59 Å². The van der Waals surface area contributed by atoms with Crippen LogP contribution >= 0.6 is 11.6 Å². The van der Waals surface area contributed by atoms with Crippen molar-refractivity contribution in [1.29, 1.82) is 0 Å². The summed E-state index contributed by atoms with van der Waals surface area (Å²) in [5.74, 6) is 0.924. The molecule has 0 radical (unpaired) electrons. The highest BCUT2D eigenvalue weighted by Gasteiger charge is 2.11. The van der Waals surface area contributed by atoms with Crippen LogP contribution in [-0.4, -0.2) is 25.4 Å². The molecule has 0 aliphatic heterocycles. The number of rotatable bonds is 7. The minimum absolute atomic E-state index is 0.0404. The minimum atomic E-state index is -0.214. The highest BCUT2D eigenvalue weighted by Crippen LogP contribution is 2.23. The second kappa shape index (κ2) is 9.10. The van der Waals surface area contributed by atoms with Crippen molar-refractivity contribution in [2.45, 2.75) is 6.54 Å². The highest BCUT2D eigenvalue weighted by molar-refractivity contribution is 6.30. The first kappa shape index (κ1) is 19.5. The monoisotopic (exact) mass is 397 g/mol. The Kier molecular flexibility index (Phi) is 6.34. The molecule has 0 spiro atoms. The van der Waals surface area contributed by atoms with Gasteiger partial charge in [-0.25, -0.2) is 0 Å². The summed E-state index contributed by atoms with van der Waals surface area (Å²) in [6.45, 7) is 0.309. The van der Waals surface area contributed by atoms with Crippen LogP contribution in [-0.2, 0) is 11.3 Å². The van der Waals surface area contributed by atoms with Crippen LogP contribution in [0.15, 0.2) is 65.1 Å². The Morgan fingerprint density at radius 1 is 1.00 bits per heavy atom. The van der Waals surface area contributed by atoms with Gasteiger partial charge < -0.3 is 20.4 Å². The Balaban J connectivity index is 1.53. The average Bonchev–Trinajstić information content (AvgIpc) is 3.20. The van der Waals surface area contributed by atoms with Crippen molar-refractivity contribution in [3.63, 3.8) is 0 Å². The Labute approximate surface area is 167 Å². The van der Waals surface area contributed by atoms with E-state index in [2.05, 4.69) is 16.0 Å². The molecule has 3 N–H and O–H groups in total. The highest BCUT2D eigenvalue weighted by atomic mass is 35.5. The number of para-hydroxylation sites is 1. The zero-order valence-corrected chi connectivity index (χ0v) is 16.0. The molecule has 28 heavy (non-hydrogen) atoms. The second-order valence-corrected chi connectivity index (χ2v) is 6.46. The van der Waals surface area contributed by atoms with E-state index in [0.29, 0.717) is 27.8 Å². The fourth-order valence-electron chi connectivity index (χ4n) is 2.64. The van der Waals surface area contributed by atoms with E-state index < -0.39 is 0 Å². The minimum Gasteiger partial charge on any atom is -0.459 e. The zero-order chi connectivity index (χ0) is 19.9. The molecule has 0 fully saturated rings. The van der Waals surface area contributed by atoms with Gasteiger partial charge in [0.1, 0.15) is 11.5 Å². The first-order chi connectivity index (χ1) is 13.6. The third-order valence-corrected chi connectivity index (χ3v) is 4.34. The summed E-state index contributed by atoms with van der Waals surface area (Å²) in [7, 11) is 1.56. The lowest BCUT2D eigenvalue weighted by atomic mass is 10.1. The number of carbonyl (C=O) groups excluding carboxylic acids is 2. The van der Waals surface area contributed by atoms with Gasteiger partial charge in [0.25, 0.3) is 5.91 Å². The van der Waals surface area contributed by atoms with E-state index in [1.54, 1.807) is 43.4 Å². The summed E-state index contributed by atoms with van der Waals surface area (Å²) in [6, 6.07) is 18.0. The van der Waals surface area contributed by atoms with Crippen LogP contribution < -0.4 is 16.0 Å². The molecule has 0 unspecified atom stereocenters. The summed E-state index contributed by atoms with van der Waals surface area (Å²) < 4.78 is 5.76. The van der Waals surface area contributed by atoms with E-state index >= 15 is 0 Å². The maximum absolute atomic E-state index is 12.1. The number of nitrogens with one attached hydrogen (secondary N) is 3. The standard InChI is InChI=1S/C21H20ClN3O3/c1-23-21(27)17-4-2-3-5-18(17)24-13-20(26)25-12-16-10-11-19(28-16)14-6-8-15(22)9-7-14/h2-11,24H,12-13H2,1H3,(H,23,27)(H,25,26). The summed E-state index contributed by atoms with van der Waals surface area (Å²) in [5.41, 5.74) is 1.99. The predicted octanol–water partition coefficient (Wildman–Crippen LogP) is 3.69. The molecular formula is C21H20ClN3O3. The van der Waals surface area contributed by atoms with E-state index in [1.807, 2.05) is 24.3 Å². The molecule has 7 heteroatoms. The van der Waals surface area contributed by atoms with Crippen LogP contribution in [0.1, 0.15) is 16.1 Å². The van der Waals surface area contributed by atoms with Gasteiger partial charge in [0.15, 0.2) is 0 Å². The number of carbonyl (C=O) groups is 2. The number of benzene rings is 2. The van der Waals surface area contributed by atoms with Gasteiger partial charge in [-0.2, -0.15) is 0 Å². The summed E-state index contributed by atoms with van der Waals surface area (Å²) in [4.78, 5) is 24.0. The van der Waals surface area contributed by atoms with Gasteiger partial charge >= 0.3 is 0 Å². The molecule has 1 aromatic heterocycles. The molecule has 0 saturated heterocycles. The van der Waals surface area contributed by atoms with Crippen LogP contribution in [0.3, 0.4) is 0 Å². The number of halogens is 1. The number of anilines is 1. The van der Waals surface area contributed by atoms with Crippen molar-refractivity contribution >= 4 is 29.1 Å². The van der Waals surface area contributed by atoms with Crippen LogP contribution in [0.4, 0.5) is 5.69 Å². The van der Waals surface area contributed by atoms with Crippen LogP contribution in [0.2, 0.25) is 5.02 Å². The zero-order valence-electron chi connectivity index (χ0n) is 15.3. The molecule has 2 amide bonds. The molecule has 6 nitrogen and oxygen atoms in total. The van der Waals surface area contributed by atoms with Crippen LogP contribution in [0.5, 0.6) is 0 Å². The molecule has 144 valence electrons. The van der Waals surface area contributed by atoms with E-state index in [-0.39, 0.29) is 24.9 Å². The molecule has 3 rings (SSSR count). The number of furan rings is 1. The molecule has 0 atom stereocenters. The Morgan fingerprint density at radius 2 is 1.75 bits per heavy atom. The van der Waals surface area contributed by atoms with Crippen molar-refractivity contribution in [3.8, 4) is 11.3 Å². The second-order valence-electron chi connectivity index (χ2n) is 6.03. The largest absolute Gasteiger partial charge is 0.459 e. The van der Waals surface area contributed by atoms with Crippen molar-refractivity contribution in [2.75, 3.05) is 18.9 Å². The van der Waals surface area contributed by atoms with E-state index in [9.17, 15) is 9.59 Å². The topological polar surface area (TPSA) is 83.4 Å². The maximum Gasteiger partial charge on any atom is 0.253 e. The van der Waals surface area contributed by atoms with E-state index in [4.69, 9.17) is 16.0 Å². The average molecular weight is 398 g/mol. The lowest BCUT2D eigenvalue weighted by molar-refractivity contribution is -0.119. The summed E-state index contributed by atoms with van der Waals surface area (Å²) >= 11 is 5.89. The molecule has 0 bridgehead atoms. The van der Waals surface area contributed by atoms with Crippen molar-refractivity contribution in [1.82, 2.24) is 10.6 Å². The van der Waals surface area contributed by atoms with Gasteiger partial charge in [0.2, 0.25) is 5.91 Å². The molecule has 0 aliphatic rings. The lowest BCUT2D eigenvalue weighted by Gasteiger charge is -2.11. The normalized spacial score (nSPS) is 10.4. The molecule has 1 heterocycles. The van der Waals surface area contributed by atoms with Gasteiger partial charge in [-0.15, -0.1) is 0 Å². The molecule has 0 saturated carbocycles. The van der Waals surface area contributed by atoms with Gasteiger partial charge in [-0.05, 0) is 48.5 Å². The Bertz CT molecular complexity index is 967. The smallest absolute Gasteiger partial charge is 0.253 e. The van der Waals surface area contributed by atoms with Gasteiger partial charge in [0, 0.05) is 23.3 Å². The van der Waals surface area contributed by atoms with Crippen LogP contribution in [0.25, 0.3) is 11.3 Å². The fourth-order valence-corrected chi connectivity index (χ4v) is 2.76. The first-order valence-electron chi connectivity index (χ1n) is 8.73. The van der Waals surface area contributed by atoms with Crippen molar-refractivity contribution < 1.29 is 14.0 Å².